The first kappa shape index (κ1) is 60.4. The minimum absolute atomic E-state index is 0.0551. The van der Waals surface area contributed by atoms with Gasteiger partial charge in [0.2, 0.25) is 13.4 Å². The average Bonchev–Trinajstić information content (AvgIpc) is 0.664. The summed E-state index contributed by atoms with van der Waals surface area (Å²) in [4.78, 5) is 5.15. The minimum Gasteiger partial charge on any atom is -0.311 e. The van der Waals surface area contributed by atoms with E-state index in [2.05, 4.69) is 330 Å². The van der Waals surface area contributed by atoms with Gasteiger partial charge in [0, 0.05) is 34.1 Å². The Morgan fingerprint density at radius 3 is 0.904 bits per heavy atom. The van der Waals surface area contributed by atoms with E-state index in [0.29, 0.717) is 0 Å². The number of nitrogens with zero attached hydrogens (tertiary/aromatic N) is 2. The van der Waals surface area contributed by atoms with Crippen LogP contribution in [0.25, 0.3) is 76.8 Å². The molecule has 0 atom stereocenters. The van der Waals surface area contributed by atoms with E-state index in [1.54, 1.807) is 0 Å². The Morgan fingerprint density at radius 2 is 0.585 bits per heavy atom. The van der Waals surface area contributed by atoms with Crippen LogP contribution in [-0.2, 0) is 32.5 Å². The molecule has 4 aliphatic heterocycles. The highest BCUT2D eigenvalue weighted by Crippen LogP contribution is 2.56. The van der Waals surface area contributed by atoms with Gasteiger partial charge in [0.25, 0.3) is 0 Å². The van der Waals surface area contributed by atoms with Crippen molar-refractivity contribution in [3.63, 3.8) is 0 Å². The van der Waals surface area contributed by atoms with Crippen LogP contribution in [0.4, 0.5) is 34.1 Å². The highest BCUT2D eigenvalue weighted by Gasteiger charge is 2.47. The van der Waals surface area contributed by atoms with E-state index in [1.165, 1.54) is 188 Å². The molecule has 2 nitrogen and oxygen atoms in total. The zero-order valence-electron chi connectivity index (χ0n) is 59.4. The summed E-state index contributed by atoms with van der Waals surface area (Å²) >= 11 is 0. The molecular weight excluding hydrogens is 1130 g/mol. The summed E-state index contributed by atoms with van der Waals surface area (Å²) < 4.78 is 0. The fourth-order valence-electron chi connectivity index (χ4n) is 17.4. The lowest BCUT2D eigenvalue weighted by Gasteiger charge is -2.43. The molecule has 12 aromatic rings. The number of para-hydroxylation sites is 4. The molecule has 0 saturated heterocycles. The Hall–Kier alpha value is -8.59. The lowest BCUT2D eigenvalue weighted by atomic mass is 9.31. The van der Waals surface area contributed by atoms with Gasteiger partial charge in [0.15, 0.2) is 0 Å². The molecule has 0 spiro atoms. The Kier molecular flexibility index (Phi) is 12.8. The van der Waals surface area contributed by atoms with Crippen LogP contribution in [0.15, 0.2) is 182 Å². The minimum atomic E-state index is -0.216. The van der Waals surface area contributed by atoms with Crippen LogP contribution in [0.3, 0.4) is 0 Å². The third-order valence-corrected chi connectivity index (χ3v) is 21.8. The van der Waals surface area contributed by atoms with E-state index in [9.17, 15) is 0 Å². The normalized spacial score (nSPS) is 14.3. The zero-order valence-corrected chi connectivity index (χ0v) is 59.4. The molecule has 0 aliphatic carbocycles. The Morgan fingerprint density at radius 1 is 0.266 bits per heavy atom. The molecule has 0 amide bonds. The summed E-state index contributed by atoms with van der Waals surface area (Å²) in [6, 6.07) is 72.6. The first-order valence-corrected chi connectivity index (χ1v) is 34.7. The summed E-state index contributed by atoms with van der Waals surface area (Å²) in [5.41, 5.74) is 36.3. The number of hydrogen-bond acceptors (Lipinski definition) is 2. The Labute approximate surface area is 561 Å². The third kappa shape index (κ3) is 8.82. The van der Waals surface area contributed by atoms with Crippen LogP contribution in [-0.4, -0.2) is 13.4 Å². The maximum absolute atomic E-state index is 2.77. The van der Waals surface area contributed by atoms with E-state index in [1.807, 2.05) is 0 Å². The lowest BCUT2D eigenvalue weighted by molar-refractivity contribution is 0.550. The monoisotopic (exact) mass is 1220 g/mol. The maximum Gasteiger partial charge on any atom is 0.248 e. The predicted molar refractivity (Wildman–Crippen MR) is 412 cm³/mol. The van der Waals surface area contributed by atoms with Crippen molar-refractivity contribution in [1.29, 1.82) is 0 Å². The summed E-state index contributed by atoms with van der Waals surface area (Å²) in [6.45, 7) is 48.5. The van der Waals surface area contributed by atoms with Crippen LogP contribution < -0.4 is 42.6 Å². The molecule has 0 fully saturated rings. The van der Waals surface area contributed by atoms with Crippen molar-refractivity contribution >= 4 is 113 Å². The van der Waals surface area contributed by atoms with E-state index in [-0.39, 0.29) is 45.9 Å². The molecule has 94 heavy (non-hydrogen) atoms. The van der Waals surface area contributed by atoms with E-state index < -0.39 is 0 Å². The van der Waals surface area contributed by atoms with Crippen molar-refractivity contribution in [2.45, 2.75) is 171 Å². The molecule has 0 saturated carbocycles. The van der Waals surface area contributed by atoms with Crippen LogP contribution in [0.1, 0.15) is 169 Å². The Balaban J connectivity index is 1.20. The van der Waals surface area contributed by atoms with Crippen LogP contribution in [0, 0.1) is 13.8 Å². The van der Waals surface area contributed by atoms with Gasteiger partial charge in [-0.05, 0) is 250 Å². The highest BCUT2D eigenvalue weighted by molar-refractivity contribution is 7.02. The van der Waals surface area contributed by atoms with Crippen molar-refractivity contribution in [1.82, 2.24) is 0 Å². The maximum atomic E-state index is 2.77. The van der Waals surface area contributed by atoms with Gasteiger partial charge in [0.1, 0.15) is 0 Å². The van der Waals surface area contributed by atoms with Gasteiger partial charge in [-0.3, -0.25) is 0 Å². The molecule has 12 aromatic carbocycles. The van der Waals surface area contributed by atoms with Gasteiger partial charge in [-0.15, -0.1) is 0 Å². The van der Waals surface area contributed by atoms with E-state index in [0.717, 1.165) is 0 Å². The summed E-state index contributed by atoms with van der Waals surface area (Å²) in [5.74, 6) is 0. The first-order chi connectivity index (χ1) is 44.3. The number of anilines is 6. The van der Waals surface area contributed by atoms with Gasteiger partial charge < -0.3 is 9.80 Å². The molecule has 0 aromatic heterocycles. The SMILES string of the molecule is Cc1cc2c3c(c1)N(c1ccccc1)c1ccccc1B3c1cc3c(-c4c(C(C)(C)C)cc(C(C)(C)C)cc4C(C)(C)C)cc4c5c(cc6c(-c7c(C(C)(C)C)cc(C(C)(C)C)cc7C(C)(C)C)cc-2c1c6c35)B1c2ccccc2N(c2ccccc2)c2cc(C)cc-4c21. The highest BCUT2D eigenvalue weighted by atomic mass is 15.2. The van der Waals surface area contributed by atoms with Crippen LogP contribution in [0.2, 0.25) is 0 Å². The third-order valence-electron chi connectivity index (χ3n) is 21.8. The molecule has 466 valence electrons. The smallest absolute Gasteiger partial charge is 0.248 e. The van der Waals surface area contributed by atoms with Crippen molar-refractivity contribution in [3.8, 4) is 44.5 Å². The van der Waals surface area contributed by atoms with Crippen molar-refractivity contribution < 1.29 is 0 Å². The van der Waals surface area contributed by atoms with Crippen LogP contribution >= 0.6 is 0 Å². The van der Waals surface area contributed by atoms with Crippen LogP contribution in [0.5, 0.6) is 0 Å². The summed E-state index contributed by atoms with van der Waals surface area (Å²) in [7, 11) is 0. The van der Waals surface area contributed by atoms with Gasteiger partial charge in [-0.2, -0.15) is 0 Å². The predicted octanol–water partition coefficient (Wildman–Crippen LogP) is 20.9. The zero-order chi connectivity index (χ0) is 66.2. The van der Waals surface area contributed by atoms with Crippen molar-refractivity contribution in [3.05, 3.63) is 226 Å². The topological polar surface area (TPSA) is 6.48 Å². The average molecular weight is 1220 g/mol. The fraction of sp³-hybridized carbons (Fsp3) is 0.289. The lowest BCUT2D eigenvalue weighted by Crippen LogP contribution is -2.60. The number of aryl methyl sites for hydroxylation is 2. The molecule has 0 radical (unpaired) electrons. The molecule has 4 heteroatoms. The molecule has 0 unspecified atom stereocenters. The largest absolute Gasteiger partial charge is 0.311 e. The molecule has 0 bridgehead atoms. The molecule has 4 aliphatic rings. The number of hydrogen-bond donors (Lipinski definition) is 0. The second kappa shape index (κ2) is 20.0. The number of benzene rings is 12. The van der Waals surface area contributed by atoms with Gasteiger partial charge in [0.05, 0.1) is 0 Å². The van der Waals surface area contributed by atoms with Crippen molar-refractivity contribution in [2.75, 3.05) is 9.80 Å². The standard InChI is InChI=1S/C90H90B2N2/c1-51-39-63-59-47-57(77-65(87(9,10)11)43-53(85(3,4)5)44-66(77)88(12,13)14)61-50-72-80-60(64-40-52(2)42-76-84(64)92(72)70-36-28-30-38-74(70)94(76)56-33-25-22-26-34-56)48-58(78-67(89(15,16)17)45-54(86(6,7)8)46-68(78)90(18,19)20)62-49-71(79(59)81(61)82(62)80)91-69-35-27-29-37-73(69)93(75(41-51)83(63)91)55-31-23-21-24-32-55/h21-50H,1-20H3. The first-order valence-electron chi connectivity index (χ1n) is 34.7. The molecule has 0 N–H and O–H groups in total. The molecule has 4 heterocycles. The quantitative estimate of drug-likeness (QED) is 0.128. The molecule has 16 rings (SSSR count). The van der Waals surface area contributed by atoms with Crippen molar-refractivity contribution in [2.24, 2.45) is 0 Å². The summed E-state index contributed by atoms with van der Waals surface area (Å²) in [5, 5.41) is 8.26. The molecular formula is C90H90B2N2. The Bertz CT molecular complexity index is 4820. The van der Waals surface area contributed by atoms with E-state index in [4.69, 9.17) is 0 Å². The summed E-state index contributed by atoms with van der Waals surface area (Å²) in [6.07, 6.45) is 0. The second-order valence-electron chi connectivity index (χ2n) is 34.7. The van der Waals surface area contributed by atoms with Gasteiger partial charge >= 0.3 is 0 Å². The van der Waals surface area contributed by atoms with E-state index >= 15 is 0 Å². The second-order valence-corrected chi connectivity index (χ2v) is 34.7. The number of fused-ring (bicyclic) bond motifs is 8. The van der Waals surface area contributed by atoms with Gasteiger partial charge in [-0.25, -0.2) is 0 Å². The number of rotatable bonds is 4. The fourth-order valence-corrected chi connectivity index (χ4v) is 17.4. The van der Waals surface area contributed by atoms with Gasteiger partial charge in [-0.1, -0.05) is 257 Å².